The molecule has 0 aliphatic carbocycles. The van der Waals surface area contributed by atoms with Gasteiger partial charge in [0.2, 0.25) is 5.91 Å². The van der Waals surface area contributed by atoms with Crippen molar-refractivity contribution in [3.8, 4) is 6.07 Å². The van der Waals surface area contributed by atoms with E-state index >= 15 is 0 Å². The van der Waals surface area contributed by atoms with Crippen molar-refractivity contribution in [1.82, 2.24) is 5.32 Å². The molecule has 3 heteroatoms. The van der Waals surface area contributed by atoms with Gasteiger partial charge in [0.1, 0.15) is 6.04 Å². The molecule has 0 saturated heterocycles. The van der Waals surface area contributed by atoms with Crippen molar-refractivity contribution in [2.75, 3.05) is 0 Å². The number of nitrogens with one attached hydrogen (secondary N) is 1. The Bertz CT molecular complexity index is 194. The van der Waals surface area contributed by atoms with Crippen molar-refractivity contribution in [3.05, 3.63) is 0 Å². The number of carbonyl (C=O) groups excluding carboxylic acids is 1. The van der Waals surface area contributed by atoms with Crippen LogP contribution in [0.4, 0.5) is 0 Å². The molecular weight excluding hydrogens is 164 g/mol. The number of hydrogen-bond donors (Lipinski definition) is 1. The van der Waals surface area contributed by atoms with Crippen molar-refractivity contribution in [3.63, 3.8) is 0 Å². The van der Waals surface area contributed by atoms with Gasteiger partial charge in [0, 0.05) is 6.42 Å². The minimum Gasteiger partial charge on any atom is -0.340 e. The predicted molar refractivity (Wildman–Crippen MR) is 51.9 cm³/mol. The van der Waals surface area contributed by atoms with Crippen molar-refractivity contribution in [2.24, 2.45) is 5.92 Å². The summed E-state index contributed by atoms with van der Waals surface area (Å²) in [7, 11) is 0. The quantitative estimate of drug-likeness (QED) is 0.705. The molecule has 74 valence electrons. The van der Waals surface area contributed by atoms with Crippen molar-refractivity contribution in [2.45, 2.75) is 46.1 Å². The van der Waals surface area contributed by atoms with E-state index in [4.69, 9.17) is 5.26 Å². The Hall–Kier alpha value is -1.04. The Morgan fingerprint density at radius 3 is 2.54 bits per heavy atom. The highest BCUT2D eigenvalue weighted by Crippen LogP contribution is 2.04. The third kappa shape index (κ3) is 6.15. The molecule has 1 unspecified atom stereocenters. The van der Waals surface area contributed by atoms with Gasteiger partial charge >= 0.3 is 0 Å². The molecule has 0 heterocycles. The number of rotatable bonds is 5. The molecule has 3 nitrogen and oxygen atoms in total. The number of hydrogen-bond acceptors (Lipinski definition) is 2. The first-order valence-electron chi connectivity index (χ1n) is 4.79. The molecule has 0 aromatic heterocycles. The molecular formula is C10H18N2O. The van der Waals surface area contributed by atoms with Gasteiger partial charge in [-0.15, -0.1) is 0 Å². The van der Waals surface area contributed by atoms with Crippen LogP contribution in [0.5, 0.6) is 0 Å². The van der Waals surface area contributed by atoms with Gasteiger partial charge in [0.15, 0.2) is 0 Å². The van der Waals surface area contributed by atoms with E-state index in [1.807, 2.05) is 20.8 Å². The maximum Gasteiger partial charge on any atom is 0.221 e. The van der Waals surface area contributed by atoms with Gasteiger partial charge in [0.25, 0.3) is 0 Å². The molecule has 13 heavy (non-hydrogen) atoms. The Kier molecular flexibility index (Phi) is 5.96. The maximum atomic E-state index is 11.1. The summed E-state index contributed by atoms with van der Waals surface area (Å²) in [5, 5.41) is 11.4. The standard InChI is InChI=1S/C10H18N2O/c1-4-5-10(13)12-9(7-11)6-8(2)3/h8-9H,4-6H2,1-3H3,(H,12,13). The molecule has 0 spiro atoms. The highest BCUT2D eigenvalue weighted by Gasteiger charge is 2.11. The summed E-state index contributed by atoms with van der Waals surface area (Å²) in [6.45, 7) is 6.02. The smallest absolute Gasteiger partial charge is 0.221 e. The maximum absolute atomic E-state index is 11.1. The van der Waals surface area contributed by atoms with E-state index in [-0.39, 0.29) is 11.9 Å². The molecule has 0 aromatic rings. The normalized spacial score (nSPS) is 12.2. The van der Waals surface area contributed by atoms with Gasteiger partial charge in [-0.25, -0.2) is 0 Å². The van der Waals surface area contributed by atoms with Crippen LogP contribution in [0.15, 0.2) is 0 Å². The second-order valence-corrected chi connectivity index (χ2v) is 3.63. The van der Waals surface area contributed by atoms with E-state index in [2.05, 4.69) is 11.4 Å². The van der Waals surface area contributed by atoms with Gasteiger partial charge in [-0.1, -0.05) is 20.8 Å². The van der Waals surface area contributed by atoms with Gasteiger partial charge in [-0.05, 0) is 18.8 Å². The molecule has 0 radical (unpaired) electrons. The largest absolute Gasteiger partial charge is 0.340 e. The van der Waals surface area contributed by atoms with Crippen molar-refractivity contribution >= 4 is 5.91 Å². The second-order valence-electron chi connectivity index (χ2n) is 3.63. The summed E-state index contributed by atoms with van der Waals surface area (Å²) in [6, 6.07) is 1.77. The van der Waals surface area contributed by atoms with Gasteiger partial charge < -0.3 is 5.32 Å². The van der Waals surface area contributed by atoms with Gasteiger partial charge in [0.05, 0.1) is 6.07 Å². The predicted octanol–water partition coefficient (Wildman–Crippen LogP) is 1.84. The fourth-order valence-electron chi connectivity index (χ4n) is 1.11. The third-order valence-electron chi connectivity index (χ3n) is 1.68. The summed E-state index contributed by atoms with van der Waals surface area (Å²) in [5.41, 5.74) is 0. The van der Waals surface area contributed by atoms with Crippen LogP contribution in [-0.2, 0) is 4.79 Å². The molecule has 1 atom stereocenters. The Balaban J connectivity index is 3.85. The SMILES string of the molecule is CCCC(=O)NC(C#N)CC(C)C. The number of amides is 1. The zero-order chi connectivity index (χ0) is 10.3. The third-order valence-corrected chi connectivity index (χ3v) is 1.68. The van der Waals surface area contributed by atoms with Crippen LogP contribution in [0.25, 0.3) is 0 Å². The molecule has 0 aliphatic rings. The monoisotopic (exact) mass is 182 g/mol. The van der Waals surface area contributed by atoms with E-state index < -0.39 is 0 Å². The van der Waals surface area contributed by atoms with Crippen molar-refractivity contribution < 1.29 is 4.79 Å². The first-order valence-corrected chi connectivity index (χ1v) is 4.79. The zero-order valence-electron chi connectivity index (χ0n) is 8.63. The molecule has 1 N–H and O–H groups in total. The minimum atomic E-state index is -0.320. The minimum absolute atomic E-state index is 0.0188. The lowest BCUT2D eigenvalue weighted by Crippen LogP contribution is -2.34. The Morgan fingerprint density at radius 1 is 1.54 bits per heavy atom. The summed E-state index contributed by atoms with van der Waals surface area (Å²) in [5.74, 6) is 0.418. The van der Waals surface area contributed by atoms with Crippen LogP contribution in [0, 0.1) is 17.2 Å². The fourth-order valence-corrected chi connectivity index (χ4v) is 1.11. The molecule has 0 aromatic carbocycles. The molecule has 0 saturated carbocycles. The lowest BCUT2D eigenvalue weighted by atomic mass is 10.0. The fraction of sp³-hybridized carbons (Fsp3) is 0.800. The molecule has 0 bridgehead atoms. The first-order chi connectivity index (χ1) is 6.10. The van der Waals surface area contributed by atoms with Gasteiger partial charge in [-0.3, -0.25) is 4.79 Å². The van der Waals surface area contributed by atoms with Crippen LogP contribution in [0.2, 0.25) is 0 Å². The summed E-state index contributed by atoms with van der Waals surface area (Å²) >= 11 is 0. The van der Waals surface area contributed by atoms with Crippen molar-refractivity contribution in [1.29, 1.82) is 5.26 Å². The summed E-state index contributed by atoms with van der Waals surface area (Å²) in [6.07, 6.45) is 2.06. The van der Waals surface area contributed by atoms with E-state index in [9.17, 15) is 4.79 Å². The second kappa shape index (κ2) is 6.47. The van der Waals surface area contributed by atoms with Crippen LogP contribution >= 0.6 is 0 Å². The number of nitriles is 1. The van der Waals surface area contributed by atoms with E-state index in [0.29, 0.717) is 12.3 Å². The van der Waals surface area contributed by atoms with Crippen LogP contribution in [0.3, 0.4) is 0 Å². The van der Waals surface area contributed by atoms with Gasteiger partial charge in [-0.2, -0.15) is 5.26 Å². The number of carbonyl (C=O) groups is 1. The topological polar surface area (TPSA) is 52.9 Å². The first kappa shape index (κ1) is 12.0. The summed E-state index contributed by atoms with van der Waals surface area (Å²) in [4.78, 5) is 11.1. The molecule has 0 rings (SSSR count). The highest BCUT2D eigenvalue weighted by atomic mass is 16.1. The highest BCUT2D eigenvalue weighted by molar-refractivity contribution is 5.76. The number of nitrogens with zero attached hydrogens (tertiary/aromatic N) is 1. The van der Waals surface area contributed by atoms with E-state index in [1.165, 1.54) is 0 Å². The Morgan fingerprint density at radius 2 is 2.15 bits per heavy atom. The lowest BCUT2D eigenvalue weighted by molar-refractivity contribution is -0.121. The van der Waals surface area contributed by atoms with E-state index in [1.54, 1.807) is 0 Å². The molecule has 0 aliphatic heterocycles. The molecule has 0 fully saturated rings. The lowest BCUT2D eigenvalue weighted by Gasteiger charge is -2.12. The van der Waals surface area contributed by atoms with E-state index in [0.717, 1.165) is 12.8 Å². The average Bonchev–Trinajstić information content (AvgIpc) is 2.02. The summed E-state index contributed by atoms with van der Waals surface area (Å²) < 4.78 is 0. The Labute approximate surface area is 80.1 Å². The van der Waals surface area contributed by atoms with Crippen LogP contribution < -0.4 is 5.32 Å². The zero-order valence-corrected chi connectivity index (χ0v) is 8.63. The van der Waals surface area contributed by atoms with Crippen LogP contribution in [0.1, 0.15) is 40.0 Å². The van der Waals surface area contributed by atoms with Crippen LogP contribution in [-0.4, -0.2) is 11.9 Å². The average molecular weight is 182 g/mol. The molecule has 1 amide bonds.